The fourth-order valence-corrected chi connectivity index (χ4v) is 4.72. The Bertz CT molecular complexity index is 1100. The van der Waals surface area contributed by atoms with Crippen LogP contribution in [-0.4, -0.2) is 53.7 Å². The van der Waals surface area contributed by atoms with Gasteiger partial charge < -0.3 is 14.7 Å². The number of halogens is 3. The lowest BCUT2D eigenvalue weighted by Crippen LogP contribution is -2.47. The minimum Gasteiger partial charge on any atom is -0.353 e. The first kappa shape index (κ1) is 29.5. The number of piperazine rings is 1. The lowest BCUT2D eigenvalue weighted by atomic mass is 10.1. The molecule has 2 aliphatic heterocycles. The van der Waals surface area contributed by atoms with E-state index in [1.165, 1.54) is 17.8 Å². The highest BCUT2D eigenvalue weighted by Gasteiger charge is 2.36. The molecule has 4 heterocycles. The maximum absolute atomic E-state index is 13.5. The van der Waals surface area contributed by atoms with Crippen LogP contribution in [0.1, 0.15) is 71.6 Å². The molecule has 2 aromatic heterocycles. The molecular weight excluding hydrogens is 489 g/mol. The third-order valence-corrected chi connectivity index (χ3v) is 6.82. The SMILES string of the molecule is CC.CC(C)=C/C=C\C(C)c1cc(N2CCN(c3ncccc3C(F)(F)F)CC2)nc(N2CCCC2C)n1. The maximum Gasteiger partial charge on any atom is 0.419 e. The van der Waals surface area contributed by atoms with Crippen molar-refractivity contribution in [1.82, 2.24) is 15.0 Å². The highest BCUT2D eigenvalue weighted by Crippen LogP contribution is 2.36. The van der Waals surface area contributed by atoms with Crippen molar-refractivity contribution in [3.63, 3.8) is 0 Å². The second-order valence-electron chi connectivity index (χ2n) is 9.90. The summed E-state index contributed by atoms with van der Waals surface area (Å²) in [5.41, 5.74) is 1.48. The Morgan fingerprint density at radius 3 is 2.34 bits per heavy atom. The van der Waals surface area contributed by atoms with Crippen molar-refractivity contribution in [3.05, 3.63) is 59.5 Å². The predicted molar refractivity (Wildman–Crippen MR) is 150 cm³/mol. The first-order valence-corrected chi connectivity index (χ1v) is 13.6. The molecule has 2 saturated heterocycles. The van der Waals surface area contributed by atoms with Crippen molar-refractivity contribution in [2.45, 2.75) is 72.5 Å². The Hall–Kier alpha value is -3.10. The van der Waals surface area contributed by atoms with Crippen LogP contribution in [-0.2, 0) is 6.18 Å². The van der Waals surface area contributed by atoms with Gasteiger partial charge in [-0.1, -0.05) is 44.6 Å². The molecule has 2 unspecified atom stereocenters. The third kappa shape index (κ3) is 7.26. The molecule has 38 heavy (non-hydrogen) atoms. The van der Waals surface area contributed by atoms with Crippen molar-refractivity contribution < 1.29 is 13.2 Å². The molecular formula is C29H41F3N6. The van der Waals surface area contributed by atoms with Gasteiger partial charge in [0.15, 0.2) is 0 Å². The van der Waals surface area contributed by atoms with E-state index in [1.807, 2.05) is 19.9 Å². The summed E-state index contributed by atoms with van der Waals surface area (Å²) in [5, 5.41) is 0. The molecule has 0 spiro atoms. The minimum atomic E-state index is -4.43. The molecule has 0 aromatic carbocycles. The number of hydrogen-bond acceptors (Lipinski definition) is 6. The largest absolute Gasteiger partial charge is 0.419 e. The summed E-state index contributed by atoms with van der Waals surface area (Å²) in [5.74, 6) is 1.66. The van der Waals surface area contributed by atoms with E-state index in [1.54, 1.807) is 4.90 Å². The zero-order valence-corrected chi connectivity index (χ0v) is 23.5. The molecule has 0 saturated carbocycles. The number of allylic oxidation sites excluding steroid dienone is 4. The molecule has 2 fully saturated rings. The van der Waals surface area contributed by atoms with Gasteiger partial charge >= 0.3 is 6.18 Å². The molecule has 0 aliphatic carbocycles. The van der Waals surface area contributed by atoms with Crippen LogP contribution in [0.2, 0.25) is 0 Å². The zero-order valence-electron chi connectivity index (χ0n) is 23.5. The van der Waals surface area contributed by atoms with Crippen LogP contribution < -0.4 is 14.7 Å². The molecule has 9 heteroatoms. The first-order chi connectivity index (χ1) is 18.1. The number of anilines is 3. The van der Waals surface area contributed by atoms with Crippen molar-refractivity contribution in [2.24, 2.45) is 0 Å². The summed E-state index contributed by atoms with van der Waals surface area (Å²) in [6, 6.07) is 4.84. The van der Waals surface area contributed by atoms with E-state index in [9.17, 15) is 13.2 Å². The highest BCUT2D eigenvalue weighted by molar-refractivity contribution is 5.53. The number of pyridine rings is 1. The van der Waals surface area contributed by atoms with Gasteiger partial charge in [-0.05, 0) is 45.7 Å². The number of rotatable bonds is 6. The summed E-state index contributed by atoms with van der Waals surface area (Å²) in [7, 11) is 0. The summed E-state index contributed by atoms with van der Waals surface area (Å²) < 4.78 is 40.5. The van der Waals surface area contributed by atoms with Gasteiger partial charge in [0.25, 0.3) is 0 Å². The van der Waals surface area contributed by atoms with E-state index >= 15 is 0 Å². The van der Waals surface area contributed by atoms with E-state index in [4.69, 9.17) is 9.97 Å². The number of aromatic nitrogens is 3. The van der Waals surface area contributed by atoms with Crippen LogP contribution in [0.15, 0.2) is 48.2 Å². The number of hydrogen-bond donors (Lipinski definition) is 0. The monoisotopic (exact) mass is 530 g/mol. The van der Waals surface area contributed by atoms with E-state index in [-0.39, 0.29) is 11.7 Å². The fourth-order valence-electron chi connectivity index (χ4n) is 4.72. The molecule has 0 radical (unpaired) electrons. The van der Waals surface area contributed by atoms with Crippen LogP contribution in [0, 0.1) is 0 Å². The van der Waals surface area contributed by atoms with Gasteiger partial charge in [-0.3, -0.25) is 0 Å². The normalized spacial score (nSPS) is 18.9. The molecule has 208 valence electrons. The first-order valence-electron chi connectivity index (χ1n) is 13.6. The van der Waals surface area contributed by atoms with Crippen molar-refractivity contribution in [3.8, 4) is 0 Å². The van der Waals surface area contributed by atoms with Gasteiger partial charge in [0.1, 0.15) is 11.6 Å². The van der Waals surface area contributed by atoms with Gasteiger partial charge in [0, 0.05) is 56.9 Å². The minimum absolute atomic E-state index is 0.00219. The summed E-state index contributed by atoms with van der Waals surface area (Å²) in [6.07, 6.45) is 5.49. The van der Waals surface area contributed by atoms with Crippen LogP contribution in [0.3, 0.4) is 0 Å². The van der Waals surface area contributed by atoms with Crippen LogP contribution in [0.5, 0.6) is 0 Å². The second-order valence-corrected chi connectivity index (χ2v) is 9.90. The van der Waals surface area contributed by atoms with Gasteiger partial charge in [0.05, 0.1) is 11.3 Å². The second kappa shape index (κ2) is 13.1. The predicted octanol–water partition coefficient (Wildman–Crippen LogP) is 6.86. The number of alkyl halides is 3. The zero-order chi connectivity index (χ0) is 27.9. The molecule has 2 atom stereocenters. The summed E-state index contributed by atoms with van der Waals surface area (Å²) in [6.45, 7) is 15.4. The van der Waals surface area contributed by atoms with Gasteiger partial charge in [-0.25, -0.2) is 9.97 Å². The van der Waals surface area contributed by atoms with Crippen molar-refractivity contribution >= 4 is 17.6 Å². The van der Waals surface area contributed by atoms with Crippen LogP contribution in [0.4, 0.5) is 30.8 Å². The lowest BCUT2D eigenvalue weighted by Gasteiger charge is -2.37. The summed E-state index contributed by atoms with van der Waals surface area (Å²) >= 11 is 0. The van der Waals surface area contributed by atoms with E-state index in [0.29, 0.717) is 32.2 Å². The Labute approximate surface area is 225 Å². The van der Waals surface area contributed by atoms with Crippen LogP contribution in [0.25, 0.3) is 0 Å². The fraction of sp³-hybridized carbons (Fsp3) is 0.552. The van der Waals surface area contributed by atoms with Crippen molar-refractivity contribution in [2.75, 3.05) is 47.4 Å². The molecule has 2 aromatic rings. The van der Waals surface area contributed by atoms with E-state index < -0.39 is 11.7 Å². The van der Waals surface area contributed by atoms with Crippen LogP contribution >= 0.6 is 0 Å². The molecule has 4 rings (SSSR count). The Kier molecular flexibility index (Phi) is 10.2. The Morgan fingerprint density at radius 1 is 1.05 bits per heavy atom. The highest BCUT2D eigenvalue weighted by atomic mass is 19.4. The lowest BCUT2D eigenvalue weighted by molar-refractivity contribution is -0.137. The topological polar surface area (TPSA) is 48.4 Å². The maximum atomic E-state index is 13.5. The van der Waals surface area contributed by atoms with Gasteiger partial charge in [-0.2, -0.15) is 18.2 Å². The van der Waals surface area contributed by atoms with E-state index in [2.05, 4.69) is 60.7 Å². The van der Waals surface area contributed by atoms with Gasteiger partial charge in [0.2, 0.25) is 5.95 Å². The summed E-state index contributed by atoms with van der Waals surface area (Å²) in [4.78, 5) is 20.0. The number of nitrogens with zero attached hydrogens (tertiary/aromatic N) is 6. The smallest absolute Gasteiger partial charge is 0.353 e. The average molecular weight is 531 g/mol. The Balaban J connectivity index is 0.00000195. The Morgan fingerprint density at radius 2 is 1.74 bits per heavy atom. The molecule has 6 nitrogen and oxygen atoms in total. The third-order valence-electron chi connectivity index (χ3n) is 6.82. The van der Waals surface area contributed by atoms with E-state index in [0.717, 1.165) is 42.9 Å². The van der Waals surface area contributed by atoms with Crippen molar-refractivity contribution in [1.29, 1.82) is 0 Å². The standard InChI is InChI=1S/C27H35F3N6.C2H6/c1-19(2)8-5-9-20(3)23-18-24(33-26(32-23)36-13-7-10-21(36)4)34-14-16-35(17-15-34)25-22(27(28,29)30)11-6-12-31-25;1-2/h5-6,8-9,11-12,18,20-21H,7,10,13-17H2,1-4H3;1-2H3/b9-5-;. The van der Waals surface area contributed by atoms with Gasteiger partial charge in [-0.15, -0.1) is 0 Å². The molecule has 0 bridgehead atoms. The molecule has 2 aliphatic rings. The molecule has 0 N–H and O–H groups in total. The quantitative estimate of drug-likeness (QED) is 0.381. The average Bonchev–Trinajstić information content (AvgIpc) is 3.34. The molecule has 0 amide bonds.